The molecule has 0 spiro atoms. The first-order valence-electron chi connectivity index (χ1n) is 7.47. The molecule has 1 atom stereocenters. The van der Waals surface area contributed by atoms with Gasteiger partial charge >= 0.3 is 6.18 Å². The fourth-order valence-electron chi connectivity index (χ4n) is 3.18. The van der Waals surface area contributed by atoms with Crippen LogP contribution >= 0.6 is 0 Å². The number of hydrogen-bond donors (Lipinski definition) is 0. The van der Waals surface area contributed by atoms with E-state index in [4.69, 9.17) is 0 Å². The summed E-state index contributed by atoms with van der Waals surface area (Å²) in [6, 6.07) is 6.05. The molecular formula is C19H18F3N. The maximum absolute atomic E-state index is 13.4. The molecule has 0 radical (unpaired) electrons. The fourth-order valence-corrected chi connectivity index (χ4v) is 3.18. The molecule has 1 aromatic carbocycles. The van der Waals surface area contributed by atoms with Crippen LogP contribution in [0, 0.1) is 19.8 Å². The van der Waals surface area contributed by atoms with E-state index in [1.54, 1.807) is 36.3 Å². The summed E-state index contributed by atoms with van der Waals surface area (Å²) >= 11 is 0. The highest BCUT2D eigenvalue weighted by atomic mass is 19.4. The summed E-state index contributed by atoms with van der Waals surface area (Å²) in [5.41, 5.74) is 4.12. The van der Waals surface area contributed by atoms with E-state index in [1.807, 2.05) is 32.0 Å². The minimum atomic E-state index is -4.34. The Kier molecular flexibility index (Phi) is 3.71. The van der Waals surface area contributed by atoms with Gasteiger partial charge < -0.3 is 4.90 Å². The molecule has 0 fully saturated rings. The largest absolute Gasteiger partial charge is 0.414 e. The second-order valence-corrected chi connectivity index (χ2v) is 6.04. The number of nitrogens with zero attached hydrogens (tertiary/aromatic N) is 1. The zero-order valence-corrected chi connectivity index (χ0v) is 13.3. The molecule has 1 unspecified atom stereocenters. The SMILES string of the molecule is Cc1ccc(C)c(C2=C3C=CC=CC3C(C(F)(F)F)=CN2C)c1. The van der Waals surface area contributed by atoms with Crippen LogP contribution in [-0.4, -0.2) is 18.1 Å². The molecule has 0 bridgehead atoms. The molecule has 1 aliphatic carbocycles. The van der Waals surface area contributed by atoms with Gasteiger partial charge in [-0.3, -0.25) is 0 Å². The molecule has 2 aliphatic rings. The van der Waals surface area contributed by atoms with Crippen LogP contribution in [0.1, 0.15) is 16.7 Å². The minimum absolute atomic E-state index is 0.523. The first-order valence-corrected chi connectivity index (χ1v) is 7.47. The number of allylic oxidation sites excluding steroid dienone is 6. The molecule has 0 saturated heterocycles. The average Bonchev–Trinajstić information content (AvgIpc) is 2.48. The minimum Gasteiger partial charge on any atom is -0.350 e. The summed E-state index contributed by atoms with van der Waals surface area (Å²) in [7, 11) is 1.68. The van der Waals surface area contributed by atoms with Gasteiger partial charge in [0.2, 0.25) is 0 Å². The van der Waals surface area contributed by atoms with Crippen LogP contribution < -0.4 is 0 Å². The highest BCUT2D eigenvalue weighted by Gasteiger charge is 2.42. The lowest BCUT2D eigenvalue weighted by Gasteiger charge is -2.35. The van der Waals surface area contributed by atoms with Crippen LogP contribution in [0.4, 0.5) is 13.2 Å². The fraction of sp³-hybridized carbons (Fsp3) is 0.263. The number of rotatable bonds is 1. The van der Waals surface area contributed by atoms with Crippen LogP contribution in [-0.2, 0) is 0 Å². The van der Waals surface area contributed by atoms with E-state index in [0.29, 0.717) is 5.57 Å². The van der Waals surface area contributed by atoms with E-state index >= 15 is 0 Å². The van der Waals surface area contributed by atoms with Gasteiger partial charge in [-0.05, 0) is 31.1 Å². The van der Waals surface area contributed by atoms with Gasteiger partial charge in [0.05, 0.1) is 11.3 Å². The first-order chi connectivity index (χ1) is 10.8. The van der Waals surface area contributed by atoms with Crippen molar-refractivity contribution in [2.24, 2.45) is 5.92 Å². The zero-order chi connectivity index (χ0) is 16.8. The van der Waals surface area contributed by atoms with E-state index in [1.165, 1.54) is 6.20 Å². The zero-order valence-electron chi connectivity index (χ0n) is 13.3. The predicted octanol–water partition coefficient (Wildman–Crippen LogP) is 5.15. The Labute approximate surface area is 134 Å². The number of alkyl halides is 3. The van der Waals surface area contributed by atoms with Crippen molar-refractivity contribution in [3.63, 3.8) is 0 Å². The van der Waals surface area contributed by atoms with E-state index < -0.39 is 17.7 Å². The number of benzene rings is 1. The maximum Gasteiger partial charge on any atom is 0.414 e. The Hall–Kier alpha value is -2.23. The number of aryl methyl sites for hydroxylation is 2. The molecule has 4 heteroatoms. The van der Waals surface area contributed by atoms with Crippen LogP contribution in [0.2, 0.25) is 0 Å². The van der Waals surface area contributed by atoms with Crippen molar-refractivity contribution in [3.05, 3.63) is 76.5 Å². The van der Waals surface area contributed by atoms with Crippen molar-refractivity contribution in [3.8, 4) is 0 Å². The molecule has 0 N–H and O–H groups in total. The normalized spacial score (nSPS) is 20.7. The van der Waals surface area contributed by atoms with E-state index in [0.717, 1.165) is 22.4 Å². The topological polar surface area (TPSA) is 3.24 Å². The number of fused-ring (bicyclic) bond motifs is 1. The molecular weight excluding hydrogens is 299 g/mol. The smallest absolute Gasteiger partial charge is 0.350 e. The Morgan fingerprint density at radius 1 is 1.09 bits per heavy atom. The quantitative estimate of drug-likeness (QED) is 0.692. The molecule has 0 amide bonds. The molecule has 120 valence electrons. The van der Waals surface area contributed by atoms with Crippen molar-refractivity contribution in [2.45, 2.75) is 20.0 Å². The summed E-state index contributed by atoms with van der Waals surface area (Å²) in [6.07, 6.45) is 3.76. The monoisotopic (exact) mass is 317 g/mol. The van der Waals surface area contributed by atoms with Crippen LogP contribution in [0.15, 0.2) is 59.8 Å². The van der Waals surface area contributed by atoms with Crippen molar-refractivity contribution >= 4 is 5.70 Å². The van der Waals surface area contributed by atoms with E-state index in [9.17, 15) is 13.2 Å². The molecule has 1 aromatic rings. The van der Waals surface area contributed by atoms with E-state index in [-0.39, 0.29) is 0 Å². The van der Waals surface area contributed by atoms with Gasteiger partial charge in [-0.15, -0.1) is 0 Å². The molecule has 0 aromatic heterocycles. The summed E-state index contributed by atoms with van der Waals surface area (Å²) in [4.78, 5) is 1.60. The Morgan fingerprint density at radius 2 is 1.83 bits per heavy atom. The summed E-state index contributed by atoms with van der Waals surface area (Å²) in [6.45, 7) is 3.97. The Morgan fingerprint density at radius 3 is 2.52 bits per heavy atom. The maximum atomic E-state index is 13.4. The third kappa shape index (κ3) is 2.74. The second kappa shape index (κ2) is 5.44. The van der Waals surface area contributed by atoms with Gasteiger partial charge in [-0.1, -0.05) is 42.0 Å². The lowest BCUT2D eigenvalue weighted by molar-refractivity contribution is -0.0971. The Bertz CT molecular complexity index is 763. The predicted molar refractivity (Wildman–Crippen MR) is 86.5 cm³/mol. The van der Waals surface area contributed by atoms with Crippen molar-refractivity contribution in [1.29, 1.82) is 0 Å². The van der Waals surface area contributed by atoms with Gasteiger partial charge in [-0.2, -0.15) is 13.2 Å². The van der Waals surface area contributed by atoms with Crippen molar-refractivity contribution in [2.75, 3.05) is 7.05 Å². The highest BCUT2D eigenvalue weighted by Crippen LogP contribution is 2.45. The van der Waals surface area contributed by atoms with Crippen LogP contribution in [0.25, 0.3) is 5.70 Å². The third-order valence-electron chi connectivity index (χ3n) is 4.29. The second-order valence-electron chi connectivity index (χ2n) is 6.04. The van der Waals surface area contributed by atoms with Gasteiger partial charge in [0, 0.05) is 24.7 Å². The van der Waals surface area contributed by atoms with Crippen LogP contribution in [0.5, 0.6) is 0 Å². The van der Waals surface area contributed by atoms with Crippen molar-refractivity contribution in [1.82, 2.24) is 4.90 Å². The summed E-state index contributed by atoms with van der Waals surface area (Å²) < 4.78 is 40.1. The standard InChI is InChI=1S/C19H18F3N/c1-12-8-9-13(2)16(10-12)18-15-7-5-4-6-14(15)17(11-23(18)3)19(20,21)22/h4-11,14H,1-3H3. The van der Waals surface area contributed by atoms with Gasteiger partial charge in [0.15, 0.2) is 0 Å². The molecule has 0 saturated carbocycles. The molecule has 23 heavy (non-hydrogen) atoms. The molecule has 1 aliphatic heterocycles. The van der Waals surface area contributed by atoms with Gasteiger partial charge in [0.25, 0.3) is 0 Å². The highest BCUT2D eigenvalue weighted by molar-refractivity contribution is 5.76. The summed E-state index contributed by atoms with van der Waals surface area (Å²) in [5, 5.41) is 0. The third-order valence-corrected chi connectivity index (χ3v) is 4.29. The summed E-state index contributed by atoms with van der Waals surface area (Å²) in [5.74, 6) is -0.744. The van der Waals surface area contributed by atoms with Gasteiger partial charge in [-0.25, -0.2) is 0 Å². The van der Waals surface area contributed by atoms with Gasteiger partial charge in [0.1, 0.15) is 0 Å². The first kappa shape index (κ1) is 15.7. The van der Waals surface area contributed by atoms with Crippen LogP contribution in [0.3, 0.4) is 0 Å². The molecule has 3 rings (SSSR count). The number of halogens is 3. The lowest BCUT2D eigenvalue weighted by Crippen LogP contribution is -2.30. The lowest BCUT2D eigenvalue weighted by atomic mass is 9.81. The number of hydrogen-bond acceptors (Lipinski definition) is 1. The molecule has 1 heterocycles. The average molecular weight is 317 g/mol. The van der Waals surface area contributed by atoms with E-state index in [2.05, 4.69) is 0 Å². The molecule has 1 nitrogen and oxygen atoms in total. The Balaban J connectivity index is 2.21. The van der Waals surface area contributed by atoms with Crippen molar-refractivity contribution < 1.29 is 13.2 Å².